The summed E-state index contributed by atoms with van der Waals surface area (Å²) in [5.74, 6) is 0.801. The summed E-state index contributed by atoms with van der Waals surface area (Å²) in [7, 11) is 0. The first-order chi connectivity index (χ1) is 12.8. The fraction of sp³-hybridized carbons (Fsp3) is 0.435. The molecule has 1 unspecified atom stereocenters. The number of rotatable bonds is 7. The summed E-state index contributed by atoms with van der Waals surface area (Å²) in [6.07, 6.45) is 0.969. The lowest BCUT2D eigenvalue weighted by atomic mass is 9.92. The SMILES string of the molecule is Cc1cc(C)cc(C2(C(=O)NCC(O)COc3c(C)cccc3C)CC2)c1. The second kappa shape index (κ2) is 7.73. The van der Waals surface area contributed by atoms with Gasteiger partial charge in [0.1, 0.15) is 18.5 Å². The fourth-order valence-electron chi connectivity index (χ4n) is 3.67. The van der Waals surface area contributed by atoms with Gasteiger partial charge >= 0.3 is 0 Å². The molecule has 144 valence electrons. The summed E-state index contributed by atoms with van der Waals surface area (Å²) < 4.78 is 5.78. The minimum Gasteiger partial charge on any atom is -0.490 e. The van der Waals surface area contributed by atoms with Crippen LogP contribution in [0.3, 0.4) is 0 Å². The number of nitrogens with one attached hydrogen (secondary N) is 1. The molecule has 0 spiro atoms. The van der Waals surface area contributed by atoms with Crippen LogP contribution in [0.4, 0.5) is 0 Å². The molecule has 4 nitrogen and oxygen atoms in total. The lowest BCUT2D eigenvalue weighted by Gasteiger charge is -2.20. The molecule has 0 heterocycles. The molecule has 0 aliphatic heterocycles. The quantitative estimate of drug-likeness (QED) is 0.787. The predicted molar refractivity (Wildman–Crippen MR) is 107 cm³/mol. The third-order valence-corrected chi connectivity index (χ3v) is 5.29. The number of hydrogen-bond donors (Lipinski definition) is 2. The van der Waals surface area contributed by atoms with Gasteiger partial charge in [0.25, 0.3) is 0 Å². The van der Waals surface area contributed by atoms with E-state index in [4.69, 9.17) is 4.74 Å². The van der Waals surface area contributed by atoms with Gasteiger partial charge in [0.05, 0.1) is 5.41 Å². The molecule has 0 bridgehead atoms. The van der Waals surface area contributed by atoms with Crippen molar-refractivity contribution in [3.8, 4) is 5.75 Å². The highest BCUT2D eigenvalue weighted by Crippen LogP contribution is 2.48. The van der Waals surface area contributed by atoms with E-state index in [0.717, 1.165) is 35.3 Å². The fourth-order valence-corrected chi connectivity index (χ4v) is 3.67. The van der Waals surface area contributed by atoms with Gasteiger partial charge in [-0.25, -0.2) is 0 Å². The smallest absolute Gasteiger partial charge is 0.230 e. The first-order valence-corrected chi connectivity index (χ1v) is 9.56. The second-order valence-electron chi connectivity index (χ2n) is 7.85. The van der Waals surface area contributed by atoms with E-state index in [0.29, 0.717) is 0 Å². The van der Waals surface area contributed by atoms with Crippen molar-refractivity contribution in [1.29, 1.82) is 0 Å². The van der Waals surface area contributed by atoms with E-state index in [1.807, 2.05) is 32.0 Å². The summed E-state index contributed by atoms with van der Waals surface area (Å²) in [5.41, 5.74) is 5.08. The van der Waals surface area contributed by atoms with E-state index in [1.54, 1.807) is 0 Å². The lowest BCUT2D eigenvalue weighted by Crippen LogP contribution is -2.41. The van der Waals surface area contributed by atoms with E-state index in [2.05, 4.69) is 37.4 Å². The zero-order valence-electron chi connectivity index (χ0n) is 16.6. The summed E-state index contributed by atoms with van der Waals surface area (Å²) in [5, 5.41) is 13.2. The predicted octanol–water partition coefficient (Wildman–Crippen LogP) is 3.51. The molecular weight excluding hydrogens is 338 g/mol. The van der Waals surface area contributed by atoms with Crippen LogP contribution in [0.2, 0.25) is 0 Å². The van der Waals surface area contributed by atoms with Crippen molar-refractivity contribution in [3.63, 3.8) is 0 Å². The number of hydrogen-bond acceptors (Lipinski definition) is 3. The van der Waals surface area contributed by atoms with E-state index >= 15 is 0 Å². The zero-order chi connectivity index (χ0) is 19.6. The first kappa shape index (κ1) is 19.4. The van der Waals surface area contributed by atoms with Gasteiger partial charge in [0.2, 0.25) is 5.91 Å². The molecule has 2 aromatic carbocycles. The average molecular weight is 367 g/mol. The average Bonchev–Trinajstić information content (AvgIpc) is 3.40. The molecular formula is C23H29NO3. The largest absolute Gasteiger partial charge is 0.490 e. The highest BCUT2D eigenvalue weighted by Gasteiger charge is 2.51. The lowest BCUT2D eigenvalue weighted by molar-refractivity contribution is -0.124. The summed E-state index contributed by atoms with van der Waals surface area (Å²) in [6.45, 7) is 8.42. The van der Waals surface area contributed by atoms with Crippen molar-refractivity contribution in [2.45, 2.75) is 52.1 Å². The molecule has 27 heavy (non-hydrogen) atoms. The van der Waals surface area contributed by atoms with Gasteiger partial charge in [0.15, 0.2) is 0 Å². The monoisotopic (exact) mass is 367 g/mol. The number of amides is 1. The Morgan fingerprint density at radius 1 is 1.11 bits per heavy atom. The van der Waals surface area contributed by atoms with Crippen LogP contribution in [0.5, 0.6) is 5.75 Å². The Labute approximate surface area is 161 Å². The Kier molecular flexibility index (Phi) is 5.56. The van der Waals surface area contributed by atoms with Crippen molar-refractivity contribution in [1.82, 2.24) is 5.32 Å². The molecule has 0 aromatic heterocycles. The maximum Gasteiger partial charge on any atom is 0.230 e. The Bertz CT molecular complexity index is 799. The van der Waals surface area contributed by atoms with Gasteiger partial charge < -0.3 is 15.2 Å². The standard InChI is InChI=1S/C23H29NO3/c1-15-10-16(2)12-19(11-15)23(8-9-23)22(26)24-13-20(25)14-27-21-17(3)6-5-7-18(21)4/h5-7,10-12,20,25H,8-9,13-14H2,1-4H3,(H,24,26). The van der Waals surface area contributed by atoms with Crippen LogP contribution in [-0.2, 0) is 10.2 Å². The molecule has 0 radical (unpaired) electrons. The maximum absolute atomic E-state index is 12.8. The molecule has 1 saturated carbocycles. The van der Waals surface area contributed by atoms with Gasteiger partial charge in [-0.05, 0) is 57.2 Å². The zero-order valence-corrected chi connectivity index (χ0v) is 16.6. The van der Waals surface area contributed by atoms with Crippen molar-refractivity contribution in [2.75, 3.05) is 13.2 Å². The van der Waals surface area contributed by atoms with E-state index in [-0.39, 0.29) is 19.1 Å². The minimum absolute atomic E-state index is 0.00128. The van der Waals surface area contributed by atoms with Crippen LogP contribution in [0.1, 0.15) is 40.7 Å². The molecule has 1 amide bonds. The number of carbonyl (C=O) groups is 1. The number of aliphatic hydroxyl groups is 1. The third kappa shape index (κ3) is 4.33. The Morgan fingerprint density at radius 2 is 1.70 bits per heavy atom. The van der Waals surface area contributed by atoms with Gasteiger partial charge in [-0.2, -0.15) is 0 Å². The van der Waals surface area contributed by atoms with E-state index in [1.165, 1.54) is 11.1 Å². The number of benzene rings is 2. The molecule has 4 heteroatoms. The van der Waals surface area contributed by atoms with Crippen LogP contribution in [0, 0.1) is 27.7 Å². The molecule has 1 aliphatic carbocycles. The van der Waals surface area contributed by atoms with Crippen LogP contribution in [0.25, 0.3) is 0 Å². The van der Waals surface area contributed by atoms with Gasteiger partial charge in [0, 0.05) is 6.54 Å². The van der Waals surface area contributed by atoms with Crippen LogP contribution >= 0.6 is 0 Å². The summed E-state index contributed by atoms with van der Waals surface area (Å²) in [4.78, 5) is 12.8. The molecule has 0 saturated heterocycles. The van der Waals surface area contributed by atoms with Crippen molar-refractivity contribution >= 4 is 5.91 Å². The third-order valence-electron chi connectivity index (χ3n) is 5.29. The Morgan fingerprint density at radius 3 is 2.26 bits per heavy atom. The minimum atomic E-state index is -0.747. The summed E-state index contributed by atoms with van der Waals surface area (Å²) >= 11 is 0. The van der Waals surface area contributed by atoms with Crippen molar-refractivity contribution in [2.24, 2.45) is 0 Å². The second-order valence-corrected chi connectivity index (χ2v) is 7.85. The number of aryl methyl sites for hydroxylation is 4. The number of aliphatic hydroxyl groups excluding tert-OH is 1. The molecule has 1 fully saturated rings. The first-order valence-electron chi connectivity index (χ1n) is 9.56. The molecule has 1 aliphatic rings. The van der Waals surface area contributed by atoms with Crippen molar-refractivity contribution < 1.29 is 14.6 Å². The Balaban J connectivity index is 1.56. The highest BCUT2D eigenvalue weighted by atomic mass is 16.5. The summed E-state index contributed by atoms with van der Waals surface area (Å²) in [6, 6.07) is 12.3. The highest BCUT2D eigenvalue weighted by molar-refractivity contribution is 5.91. The number of carbonyl (C=O) groups excluding carboxylic acids is 1. The molecule has 2 aromatic rings. The van der Waals surface area contributed by atoms with Gasteiger partial charge in [-0.3, -0.25) is 4.79 Å². The van der Waals surface area contributed by atoms with Crippen LogP contribution in [0.15, 0.2) is 36.4 Å². The maximum atomic E-state index is 12.8. The van der Waals surface area contributed by atoms with E-state index < -0.39 is 11.5 Å². The molecule has 3 rings (SSSR count). The van der Waals surface area contributed by atoms with Crippen LogP contribution in [-0.4, -0.2) is 30.3 Å². The number of ether oxygens (including phenoxy) is 1. The van der Waals surface area contributed by atoms with E-state index in [9.17, 15) is 9.90 Å². The topological polar surface area (TPSA) is 58.6 Å². The Hall–Kier alpha value is -2.33. The van der Waals surface area contributed by atoms with Crippen LogP contribution < -0.4 is 10.1 Å². The normalized spacial score (nSPS) is 15.9. The van der Waals surface area contributed by atoms with Gasteiger partial charge in [-0.1, -0.05) is 47.5 Å². The molecule has 2 N–H and O–H groups in total. The van der Waals surface area contributed by atoms with Crippen molar-refractivity contribution in [3.05, 3.63) is 64.2 Å². The number of para-hydroxylation sites is 1. The van der Waals surface area contributed by atoms with Gasteiger partial charge in [-0.15, -0.1) is 0 Å². The molecule has 1 atom stereocenters.